The molecule has 0 amide bonds. The first kappa shape index (κ1) is 23.3. The second-order valence-electron chi connectivity index (χ2n) is 4.69. The van der Waals surface area contributed by atoms with Crippen LogP contribution in [0.1, 0.15) is 39.5 Å². The number of allylic oxidation sites excluding steroid dienone is 5. The van der Waals surface area contributed by atoms with Crippen molar-refractivity contribution in [1.82, 2.24) is 0 Å². The summed E-state index contributed by atoms with van der Waals surface area (Å²) in [6, 6.07) is 0. The number of unbranched alkanes of at least 4 members (excludes halogenated alkanes) is 1. The Labute approximate surface area is 155 Å². The van der Waals surface area contributed by atoms with E-state index in [1.807, 2.05) is 12.2 Å². The molecule has 0 bridgehead atoms. The molecule has 2 rings (SSSR count). The van der Waals surface area contributed by atoms with Crippen LogP contribution in [0.5, 0.6) is 0 Å². The molecule has 2 aliphatic rings. The topological polar surface area (TPSA) is 18.5 Å². The minimum Gasteiger partial charge on any atom is -1.00 e. The predicted octanol–water partition coefficient (Wildman–Crippen LogP) is -1.93. The van der Waals surface area contributed by atoms with Crippen LogP contribution in [-0.4, -0.2) is 12.4 Å². The van der Waals surface area contributed by atoms with Gasteiger partial charge in [-0.25, -0.2) is 6.08 Å². The van der Waals surface area contributed by atoms with E-state index in [1.165, 1.54) is 0 Å². The van der Waals surface area contributed by atoms with Gasteiger partial charge in [0, 0.05) is 6.42 Å². The van der Waals surface area contributed by atoms with Crippen molar-refractivity contribution in [2.45, 2.75) is 45.3 Å². The minimum absolute atomic E-state index is 0. The Kier molecular flexibility index (Phi) is 12.8. The molecule has 0 fully saturated rings. The molecule has 115 valence electrons. The predicted molar refractivity (Wildman–Crippen MR) is 72.7 cm³/mol. The summed E-state index contributed by atoms with van der Waals surface area (Å²) < 4.78 is 12.1. The van der Waals surface area contributed by atoms with Crippen molar-refractivity contribution in [3.63, 3.8) is 0 Å². The van der Waals surface area contributed by atoms with E-state index in [4.69, 9.17) is 9.47 Å². The Bertz CT molecular complexity index is 417. The smallest absolute Gasteiger partial charge is 1.00 e. The van der Waals surface area contributed by atoms with Gasteiger partial charge in [-0.3, -0.25) is 0 Å². The van der Waals surface area contributed by atoms with E-state index in [0.717, 1.165) is 43.6 Å². The standard InChI is InChI=1S/C16H21O2.2ClH.Ti/c1-3-4-13-17-16(12-8-7-9-14(16)2)18-15-10-5-6-11-15;;;/h5,7-10H,3-4,6,12-13H2,1-2H3;2*1H;/q-1;;;+3/p-2. The molecule has 0 aromatic heterocycles. The Morgan fingerprint density at radius 1 is 1.29 bits per heavy atom. The summed E-state index contributed by atoms with van der Waals surface area (Å²) in [4.78, 5) is 0. The van der Waals surface area contributed by atoms with Crippen molar-refractivity contribution in [2.24, 2.45) is 0 Å². The van der Waals surface area contributed by atoms with Crippen molar-refractivity contribution in [2.75, 3.05) is 6.61 Å². The van der Waals surface area contributed by atoms with Gasteiger partial charge in [-0.15, -0.1) is 6.42 Å². The third-order valence-electron chi connectivity index (χ3n) is 3.24. The second kappa shape index (κ2) is 11.6. The molecule has 1 atom stereocenters. The van der Waals surface area contributed by atoms with Gasteiger partial charge in [-0.05, 0) is 24.7 Å². The minimum atomic E-state index is -0.624. The molecule has 0 heterocycles. The normalized spacial score (nSPS) is 22.4. The summed E-state index contributed by atoms with van der Waals surface area (Å²) >= 11 is 0. The molecular weight excluding hydrogens is 343 g/mol. The van der Waals surface area contributed by atoms with Gasteiger partial charge < -0.3 is 34.3 Å². The maximum Gasteiger partial charge on any atom is 3.00 e. The molecule has 1 unspecified atom stereocenters. The van der Waals surface area contributed by atoms with Gasteiger partial charge in [-0.1, -0.05) is 31.6 Å². The quantitative estimate of drug-likeness (QED) is 0.237. The van der Waals surface area contributed by atoms with Gasteiger partial charge in [0.15, 0.2) is 0 Å². The van der Waals surface area contributed by atoms with E-state index >= 15 is 0 Å². The van der Waals surface area contributed by atoms with Crippen molar-refractivity contribution in [3.8, 4) is 0 Å². The fourth-order valence-corrected chi connectivity index (χ4v) is 2.06. The molecule has 0 spiro atoms. The molecule has 2 aliphatic carbocycles. The first-order chi connectivity index (χ1) is 8.77. The van der Waals surface area contributed by atoms with Gasteiger partial charge in [0.25, 0.3) is 0 Å². The molecule has 0 aromatic carbocycles. The number of rotatable bonds is 6. The van der Waals surface area contributed by atoms with Gasteiger partial charge in [0.05, 0.1) is 6.61 Å². The van der Waals surface area contributed by atoms with Gasteiger partial charge >= 0.3 is 21.7 Å². The first-order valence-corrected chi connectivity index (χ1v) is 6.71. The van der Waals surface area contributed by atoms with Crippen molar-refractivity contribution < 1.29 is 56.0 Å². The van der Waals surface area contributed by atoms with Gasteiger partial charge in [0.1, 0.15) is 0 Å². The Hall–Kier alpha value is 0.0143. The number of halogens is 2. The maximum atomic E-state index is 6.08. The van der Waals surface area contributed by atoms with Crippen LogP contribution < -0.4 is 24.8 Å². The van der Waals surface area contributed by atoms with Crippen molar-refractivity contribution in [1.29, 1.82) is 0 Å². The zero-order valence-electron chi connectivity index (χ0n) is 12.5. The van der Waals surface area contributed by atoms with Crippen LogP contribution in [0.25, 0.3) is 0 Å². The van der Waals surface area contributed by atoms with E-state index in [2.05, 4.69) is 38.2 Å². The van der Waals surface area contributed by atoms with Crippen LogP contribution in [0.3, 0.4) is 0 Å². The molecule has 5 heteroatoms. The molecule has 0 saturated carbocycles. The summed E-state index contributed by atoms with van der Waals surface area (Å²) in [5.41, 5.74) is 1.12. The molecule has 0 saturated heterocycles. The zero-order valence-corrected chi connectivity index (χ0v) is 15.6. The Balaban J connectivity index is 0. The van der Waals surface area contributed by atoms with E-state index in [0.29, 0.717) is 0 Å². The molecular formula is C16H21Cl2O2Ti. The summed E-state index contributed by atoms with van der Waals surface area (Å²) in [7, 11) is 0. The summed E-state index contributed by atoms with van der Waals surface area (Å²) in [6.07, 6.45) is 17.2. The van der Waals surface area contributed by atoms with E-state index in [9.17, 15) is 0 Å². The van der Waals surface area contributed by atoms with Crippen LogP contribution >= 0.6 is 0 Å². The van der Waals surface area contributed by atoms with Crippen LogP contribution in [-0.2, 0) is 31.2 Å². The monoisotopic (exact) mass is 363 g/mol. The van der Waals surface area contributed by atoms with Crippen molar-refractivity contribution >= 4 is 0 Å². The fraction of sp³-hybridized carbons (Fsp3) is 0.500. The largest absolute Gasteiger partial charge is 3.00 e. The van der Waals surface area contributed by atoms with Crippen molar-refractivity contribution in [3.05, 3.63) is 47.8 Å². The molecule has 21 heavy (non-hydrogen) atoms. The SMILES string of the molecule is CCCCOC1(OC2=[C-]CC=C2)CC=CC=C1C.[Cl-].[Cl-].[Ti+3]. The van der Waals surface area contributed by atoms with E-state index < -0.39 is 5.79 Å². The molecule has 0 aliphatic heterocycles. The molecule has 2 nitrogen and oxygen atoms in total. The van der Waals surface area contributed by atoms with Gasteiger partial charge in [0.2, 0.25) is 5.79 Å². The number of hydrogen-bond acceptors (Lipinski definition) is 2. The summed E-state index contributed by atoms with van der Waals surface area (Å²) in [5, 5.41) is 0. The maximum absolute atomic E-state index is 6.08. The number of ether oxygens (including phenoxy) is 2. The van der Waals surface area contributed by atoms with E-state index in [-0.39, 0.29) is 46.5 Å². The van der Waals surface area contributed by atoms with E-state index in [1.54, 1.807) is 0 Å². The molecule has 1 radical (unpaired) electrons. The third kappa shape index (κ3) is 6.34. The summed E-state index contributed by atoms with van der Waals surface area (Å²) in [6.45, 7) is 4.96. The third-order valence-corrected chi connectivity index (χ3v) is 3.24. The van der Waals surface area contributed by atoms with Crippen LogP contribution in [0.4, 0.5) is 0 Å². The molecule has 0 N–H and O–H groups in total. The zero-order chi connectivity index (χ0) is 12.8. The second-order valence-corrected chi connectivity index (χ2v) is 4.69. The fourth-order valence-electron chi connectivity index (χ4n) is 2.06. The average molecular weight is 364 g/mol. The van der Waals surface area contributed by atoms with Crippen LogP contribution in [0.15, 0.2) is 41.7 Å². The average Bonchev–Trinajstić information content (AvgIpc) is 2.86. The number of hydrogen-bond donors (Lipinski definition) is 0. The Morgan fingerprint density at radius 2 is 2.05 bits per heavy atom. The Morgan fingerprint density at radius 3 is 2.62 bits per heavy atom. The van der Waals surface area contributed by atoms with Crippen LogP contribution in [0, 0.1) is 6.08 Å². The molecule has 0 aromatic rings. The van der Waals surface area contributed by atoms with Gasteiger partial charge in [-0.2, -0.15) is 12.2 Å². The first-order valence-electron chi connectivity index (χ1n) is 6.71. The van der Waals surface area contributed by atoms with Crippen LogP contribution in [0.2, 0.25) is 0 Å². The summed E-state index contributed by atoms with van der Waals surface area (Å²) in [5.74, 6) is 0.176.